The molecule has 0 spiro atoms. The fourth-order valence-corrected chi connectivity index (χ4v) is 3.91. The fraction of sp³-hybridized carbons (Fsp3) is 0.476. The van der Waals surface area contributed by atoms with Gasteiger partial charge in [-0.15, -0.1) is 0 Å². The van der Waals surface area contributed by atoms with Crippen LogP contribution in [0.2, 0.25) is 5.02 Å². The van der Waals surface area contributed by atoms with Crippen LogP contribution in [0.5, 0.6) is 0 Å². The average molecular weight is 446 g/mol. The van der Waals surface area contributed by atoms with Gasteiger partial charge in [0, 0.05) is 13.1 Å². The van der Waals surface area contributed by atoms with Crippen molar-refractivity contribution < 1.29 is 9.90 Å². The van der Waals surface area contributed by atoms with Gasteiger partial charge in [0.15, 0.2) is 0 Å². The summed E-state index contributed by atoms with van der Waals surface area (Å²) in [5.74, 6) is -0.477. The molecule has 0 unspecified atom stereocenters. The number of hydrogen-bond acceptors (Lipinski definition) is 6. The molecule has 1 amide bonds. The first-order valence-corrected chi connectivity index (χ1v) is 10.6. The van der Waals surface area contributed by atoms with E-state index in [0.717, 1.165) is 41.1 Å². The number of nitrogens with one attached hydrogen (secondary N) is 1. The highest BCUT2D eigenvalue weighted by atomic mass is 35.5. The van der Waals surface area contributed by atoms with Crippen molar-refractivity contribution in [3.63, 3.8) is 0 Å². The number of halogens is 1. The number of benzene rings is 1. The van der Waals surface area contributed by atoms with Crippen LogP contribution >= 0.6 is 11.6 Å². The summed E-state index contributed by atoms with van der Waals surface area (Å²) in [4.78, 5) is 37.3. The van der Waals surface area contributed by atoms with Crippen LogP contribution < -0.4 is 16.6 Å². The van der Waals surface area contributed by atoms with Crippen LogP contribution in [0.1, 0.15) is 55.3 Å². The Morgan fingerprint density at radius 3 is 2.65 bits per heavy atom. The standard InChI is InChI=1S/C21H24ClN5O4/c22-17-7-6-15(27-20(30)26(11-5-10-23)18(28)13-25-27)12-16(17)19(29)24-14-21(31)8-3-1-2-4-9-21/h6-7,12-13,31H,1-5,8-9,11,14H2,(H,24,29). The van der Waals surface area contributed by atoms with Crippen LogP contribution in [0.25, 0.3) is 5.69 Å². The molecule has 0 radical (unpaired) electrons. The van der Waals surface area contributed by atoms with E-state index in [-0.39, 0.29) is 35.8 Å². The predicted octanol–water partition coefficient (Wildman–Crippen LogP) is 1.78. The molecule has 0 atom stereocenters. The first-order chi connectivity index (χ1) is 14.8. The molecule has 1 heterocycles. The van der Waals surface area contributed by atoms with Crippen molar-refractivity contribution in [1.29, 1.82) is 5.26 Å². The van der Waals surface area contributed by atoms with Gasteiger partial charge in [0.25, 0.3) is 11.5 Å². The first-order valence-electron chi connectivity index (χ1n) is 10.2. The summed E-state index contributed by atoms with van der Waals surface area (Å²) >= 11 is 6.20. The lowest BCUT2D eigenvalue weighted by molar-refractivity contribution is 0.0246. The maximum Gasteiger partial charge on any atom is 0.352 e. The molecule has 1 aromatic heterocycles. The lowest BCUT2D eigenvalue weighted by Crippen LogP contribution is -2.42. The van der Waals surface area contributed by atoms with E-state index in [2.05, 4.69) is 10.4 Å². The van der Waals surface area contributed by atoms with Crippen LogP contribution in [0.3, 0.4) is 0 Å². The third-order valence-corrected chi connectivity index (χ3v) is 5.79. The zero-order valence-corrected chi connectivity index (χ0v) is 17.8. The molecule has 2 N–H and O–H groups in total. The Kier molecular flexibility index (Phi) is 7.25. The molecule has 0 bridgehead atoms. The molecule has 1 aromatic carbocycles. The third-order valence-electron chi connectivity index (χ3n) is 5.46. The van der Waals surface area contributed by atoms with E-state index in [9.17, 15) is 19.5 Å². The smallest absolute Gasteiger partial charge is 0.352 e. The molecular weight excluding hydrogens is 422 g/mol. The van der Waals surface area contributed by atoms with Gasteiger partial charge in [-0.1, -0.05) is 37.3 Å². The summed E-state index contributed by atoms with van der Waals surface area (Å²) in [6, 6.07) is 6.26. The van der Waals surface area contributed by atoms with E-state index in [1.54, 1.807) is 0 Å². The highest BCUT2D eigenvalue weighted by Crippen LogP contribution is 2.26. The maximum absolute atomic E-state index is 12.8. The Balaban J connectivity index is 1.85. The fourth-order valence-electron chi connectivity index (χ4n) is 3.70. The largest absolute Gasteiger partial charge is 0.388 e. The molecule has 9 nitrogen and oxygen atoms in total. The van der Waals surface area contributed by atoms with Crippen molar-refractivity contribution in [3.05, 3.63) is 55.8 Å². The average Bonchev–Trinajstić information content (AvgIpc) is 2.97. The number of hydrogen-bond donors (Lipinski definition) is 2. The predicted molar refractivity (Wildman–Crippen MR) is 114 cm³/mol. The number of aromatic nitrogens is 3. The number of rotatable bonds is 6. The minimum Gasteiger partial charge on any atom is -0.388 e. The lowest BCUT2D eigenvalue weighted by Gasteiger charge is -2.26. The van der Waals surface area contributed by atoms with Gasteiger partial charge < -0.3 is 10.4 Å². The summed E-state index contributed by atoms with van der Waals surface area (Å²) in [7, 11) is 0. The van der Waals surface area contributed by atoms with Gasteiger partial charge in [-0.3, -0.25) is 14.2 Å². The van der Waals surface area contributed by atoms with Gasteiger partial charge in [0.05, 0.1) is 34.4 Å². The second-order valence-corrected chi connectivity index (χ2v) is 8.13. The number of aliphatic hydroxyl groups is 1. The normalized spacial score (nSPS) is 15.6. The molecule has 3 rings (SSSR count). The quantitative estimate of drug-likeness (QED) is 0.652. The first kappa shape index (κ1) is 22.7. The van der Waals surface area contributed by atoms with Crippen molar-refractivity contribution in [3.8, 4) is 11.8 Å². The topological polar surface area (TPSA) is 130 Å². The molecular formula is C21H24ClN5O4. The molecule has 0 aliphatic heterocycles. The highest BCUT2D eigenvalue weighted by Gasteiger charge is 2.28. The molecule has 1 aliphatic carbocycles. The monoisotopic (exact) mass is 445 g/mol. The van der Waals surface area contributed by atoms with Crippen LogP contribution in [0, 0.1) is 11.3 Å². The Morgan fingerprint density at radius 2 is 1.97 bits per heavy atom. The molecule has 2 aromatic rings. The number of carbonyl (C=O) groups is 1. The van der Waals surface area contributed by atoms with E-state index < -0.39 is 22.8 Å². The minimum absolute atomic E-state index is 0.00363. The van der Waals surface area contributed by atoms with Crippen molar-refractivity contribution in [1.82, 2.24) is 19.7 Å². The van der Waals surface area contributed by atoms with Gasteiger partial charge in [0.2, 0.25) is 0 Å². The maximum atomic E-state index is 12.8. The summed E-state index contributed by atoms with van der Waals surface area (Å²) in [6.45, 7) is 0.0554. The molecule has 1 aliphatic rings. The van der Waals surface area contributed by atoms with Gasteiger partial charge in [0.1, 0.15) is 6.20 Å². The van der Waals surface area contributed by atoms with Crippen LogP contribution in [0.15, 0.2) is 34.0 Å². The Hall–Kier alpha value is -2.96. The zero-order valence-electron chi connectivity index (χ0n) is 17.0. The SMILES string of the molecule is N#CCCn1c(=O)cnn(-c2ccc(Cl)c(C(=O)NCC3(O)CCCCCC3)c2)c1=O. The zero-order chi connectivity index (χ0) is 22.4. The minimum atomic E-state index is -0.940. The van der Waals surface area contributed by atoms with E-state index in [1.807, 2.05) is 6.07 Å². The Bertz CT molecular complexity index is 1110. The number of carbonyl (C=O) groups excluding carboxylic acids is 1. The van der Waals surface area contributed by atoms with Crippen molar-refractivity contribution in [2.24, 2.45) is 0 Å². The van der Waals surface area contributed by atoms with Gasteiger partial charge >= 0.3 is 5.69 Å². The van der Waals surface area contributed by atoms with E-state index in [1.165, 1.54) is 18.2 Å². The van der Waals surface area contributed by atoms with Crippen molar-refractivity contribution in [2.45, 2.75) is 57.1 Å². The molecule has 1 saturated carbocycles. The second kappa shape index (κ2) is 9.90. The second-order valence-electron chi connectivity index (χ2n) is 7.72. The molecule has 0 saturated heterocycles. The number of nitrogens with zero attached hydrogens (tertiary/aromatic N) is 4. The Morgan fingerprint density at radius 1 is 1.26 bits per heavy atom. The van der Waals surface area contributed by atoms with Crippen molar-refractivity contribution in [2.75, 3.05) is 6.54 Å². The van der Waals surface area contributed by atoms with Gasteiger partial charge in [-0.05, 0) is 31.0 Å². The van der Waals surface area contributed by atoms with Crippen molar-refractivity contribution >= 4 is 17.5 Å². The number of nitriles is 1. The molecule has 31 heavy (non-hydrogen) atoms. The van der Waals surface area contributed by atoms with E-state index in [0.29, 0.717) is 12.8 Å². The summed E-state index contributed by atoms with van der Waals surface area (Å²) in [6.07, 6.45) is 6.21. The Labute approximate surface area is 183 Å². The lowest BCUT2D eigenvalue weighted by atomic mass is 9.94. The molecule has 164 valence electrons. The molecule has 1 fully saturated rings. The van der Waals surface area contributed by atoms with Gasteiger partial charge in [-0.25, -0.2) is 4.79 Å². The van der Waals surface area contributed by atoms with E-state index in [4.69, 9.17) is 16.9 Å². The highest BCUT2D eigenvalue weighted by molar-refractivity contribution is 6.33. The summed E-state index contributed by atoms with van der Waals surface area (Å²) in [5, 5.41) is 26.3. The number of amides is 1. The van der Waals surface area contributed by atoms with Gasteiger partial charge in [-0.2, -0.15) is 15.0 Å². The van der Waals surface area contributed by atoms with Crippen LogP contribution in [-0.4, -0.2) is 37.5 Å². The third kappa shape index (κ3) is 5.40. The molecule has 10 heteroatoms. The van der Waals surface area contributed by atoms with E-state index >= 15 is 0 Å². The van der Waals surface area contributed by atoms with Crippen LogP contribution in [-0.2, 0) is 6.54 Å². The summed E-state index contributed by atoms with van der Waals surface area (Å²) in [5.41, 5.74) is -1.90. The van der Waals surface area contributed by atoms with Crippen LogP contribution in [0.4, 0.5) is 0 Å². The summed E-state index contributed by atoms with van der Waals surface area (Å²) < 4.78 is 1.89.